The van der Waals surface area contributed by atoms with Gasteiger partial charge in [-0.1, -0.05) is 19.1 Å². The number of aromatic nitrogens is 5. The molecule has 2 N–H and O–H groups in total. The third-order valence-electron chi connectivity index (χ3n) is 5.02. The van der Waals surface area contributed by atoms with Crippen molar-refractivity contribution in [1.29, 1.82) is 0 Å². The van der Waals surface area contributed by atoms with Crippen molar-refractivity contribution in [3.63, 3.8) is 0 Å². The van der Waals surface area contributed by atoms with Crippen LogP contribution in [0.4, 0.5) is 14.5 Å². The lowest BCUT2D eigenvalue weighted by molar-refractivity contribution is 0.0957. The van der Waals surface area contributed by atoms with Gasteiger partial charge in [-0.2, -0.15) is 4.39 Å². The molecular weight excluding hydrogens is 452 g/mol. The average molecular weight is 478 g/mol. The average Bonchev–Trinajstić information content (AvgIpc) is 3.30. The first-order valence-electron chi connectivity index (χ1n) is 11.0. The molecule has 0 aliphatic rings. The van der Waals surface area contributed by atoms with Gasteiger partial charge in [-0.05, 0) is 43.5 Å². The number of amides is 1. The fourth-order valence-electron chi connectivity index (χ4n) is 3.29. The van der Waals surface area contributed by atoms with Gasteiger partial charge in [-0.3, -0.25) is 4.79 Å². The first-order chi connectivity index (χ1) is 17.0. The molecule has 1 aromatic carbocycles. The third kappa shape index (κ3) is 6.35. The van der Waals surface area contributed by atoms with E-state index in [1.807, 2.05) is 4.57 Å². The van der Waals surface area contributed by atoms with Gasteiger partial charge in [-0.25, -0.2) is 14.4 Å². The minimum absolute atomic E-state index is 0.313. The number of carbonyl (C=O) groups is 1. The lowest BCUT2D eigenvalue weighted by Crippen LogP contribution is -2.26. The van der Waals surface area contributed by atoms with Crippen molar-refractivity contribution in [2.24, 2.45) is 0 Å². The Morgan fingerprint density at radius 3 is 2.77 bits per heavy atom. The molecule has 8 nitrogen and oxygen atoms in total. The van der Waals surface area contributed by atoms with Gasteiger partial charge in [0.2, 0.25) is 0 Å². The van der Waals surface area contributed by atoms with E-state index in [2.05, 4.69) is 37.7 Å². The highest BCUT2D eigenvalue weighted by molar-refractivity contribution is 5.95. The van der Waals surface area contributed by atoms with Gasteiger partial charge in [0.15, 0.2) is 17.5 Å². The monoisotopic (exact) mass is 477 g/mol. The molecule has 0 bridgehead atoms. The van der Waals surface area contributed by atoms with Crippen molar-refractivity contribution in [3.05, 3.63) is 77.5 Å². The topological polar surface area (TPSA) is 97.6 Å². The molecule has 0 aliphatic heterocycles. The van der Waals surface area contributed by atoms with Crippen LogP contribution >= 0.6 is 0 Å². The Kier molecular flexibility index (Phi) is 8.78. The molecule has 2 aromatic heterocycles. The number of allylic oxidation sites excluding steroid dienone is 2. The highest BCUT2D eigenvalue weighted by atomic mass is 19.1. The third-order valence-corrected chi connectivity index (χ3v) is 5.02. The van der Waals surface area contributed by atoms with Gasteiger partial charge in [-0.15, -0.1) is 16.6 Å². The number of hydrogen-bond acceptors (Lipinski definition) is 6. The molecule has 180 valence electrons. The minimum atomic E-state index is -1.06. The van der Waals surface area contributed by atoms with E-state index >= 15 is 0 Å². The van der Waals surface area contributed by atoms with Gasteiger partial charge in [0.25, 0.3) is 5.91 Å². The fourth-order valence-corrected chi connectivity index (χ4v) is 3.29. The predicted molar refractivity (Wildman–Crippen MR) is 129 cm³/mol. The van der Waals surface area contributed by atoms with E-state index in [4.69, 9.17) is 6.42 Å². The zero-order chi connectivity index (χ0) is 25.2. The number of nitrogens with one attached hydrogen (secondary N) is 2. The first kappa shape index (κ1) is 25.2. The summed E-state index contributed by atoms with van der Waals surface area (Å²) in [4.78, 5) is 20.8. The van der Waals surface area contributed by atoms with Crippen LogP contribution in [0.25, 0.3) is 11.5 Å². The Morgan fingerprint density at radius 1 is 1.26 bits per heavy atom. The summed E-state index contributed by atoms with van der Waals surface area (Å²) in [5.41, 5.74) is 1.27. The van der Waals surface area contributed by atoms with E-state index < -0.39 is 17.6 Å². The Morgan fingerprint density at radius 2 is 2.09 bits per heavy atom. The number of benzene rings is 1. The summed E-state index contributed by atoms with van der Waals surface area (Å²) in [5, 5.41) is 14.3. The summed E-state index contributed by atoms with van der Waals surface area (Å²) in [6, 6.07) is 8.50. The van der Waals surface area contributed by atoms with E-state index in [0.717, 1.165) is 12.5 Å². The maximum Gasteiger partial charge on any atom is 0.251 e. The van der Waals surface area contributed by atoms with Crippen molar-refractivity contribution in [1.82, 2.24) is 30.0 Å². The van der Waals surface area contributed by atoms with Crippen LogP contribution < -0.4 is 10.6 Å². The highest BCUT2D eigenvalue weighted by Crippen LogP contribution is 2.19. The van der Waals surface area contributed by atoms with Gasteiger partial charge < -0.3 is 15.2 Å². The summed E-state index contributed by atoms with van der Waals surface area (Å²) >= 11 is 0. The maximum atomic E-state index is 13.9. The quantitative estimate of drug-likeness (QED) is 0.335. The molecule has 0 saturated carbocycles. The van der Waals surface area contributed by atoms with Crippen molar-refractivity contribution >= 4 is 11.6 Å². The summed E-state index contributed by atoms with van der Waals surface area (Å²) in [6.07, 6.45) is 10.1. The van der Waals surface area contributed by atoms with E-state index in [1.54, 1.807) is 42.4 Å². The van der Waals surface area contributed by atoms with Crippen LogP contribution in [0.2, 0.25) is 0 Å². The Labute approximate surface area is 202 Å². The molecular formula is C25H25F2N7O. The molecule has 3 aromatic rings. The normalized spacial score (nSPS) is 12.0. The summed E-state index contributed by atoms with van der Waals surface area (Å²) in [5.74, 6) is 0.729. The summed E-state index contributed by atoms with van der Waals surface area (Å²) in [7, 11) is 0. The number of nitrogens with zero attached hydrogens (tertiary/aromatic N) is 5. The molecule has 35 heavy (non-hydrogen) atoms. The largest absolute Gasteiger partial charge is 0.378 e. The number of carbonyl (C=O) groups excluding carboxylic acids is 1. The van der Waals surface area contributed by atoms with Crippen LogP contribution in [0.15, 0.2) is 66.2 Å². The number of rotatable bonds is 10. The first-order valence-corrected chi connectivity index (χ1v) is 11.0. The summed E-state index contributed by atoms with van der Waals surface area (Å²) in [6.45, 7) is 4.15. The standard InChI is InChI=1S/C25H25F2N7O/c1-4-12-34-23(32-33-24(34)22-10-11-28-16-31-22)15-29-18-9-7-8-17(13-18)25(35)30-14-19(20(26)5-2)21(27)6-3/h2,6-11,13,16,29H,4,12,14-15H2,1,3H3,(H,30,35)/b20-19+,21-6+. The van der Waals surface area contributed by atoms with Gasteiger partial charge in [0.05, 0.1) is 12.1 Å². The Hall–Kier alpha value is -4.39. The van der Waals surface area contributed by atoms with Crippen LogP contribution in [-0.2, 0) is 13.1 Å². The van der Waals surface area contributed by atoms with E-state index in [0.29, 0.717) is 41.7 Å². The van der Waals surface area contributed by atoms with Crippen LogP contribution in [0.3, 0.4) is 0 Å². The van der Waals surface area contributed by atoms with Crippen molar-refractivity contribution in [3.8, 4) is 23.9 Å². The van der Waals surface area contributed by atoms with Crippen LogP contribution in [0.5, 0.6) is 0 Å². The van der Waals surface area contributed by atoms with E-state index in [-0.39, 0.29) is 12.1 Å². The zero-order valence-corrected chi connectivity index (χ0v) is 19.4. The van der Waals surface area contributed by atoms with Crippen molar-refractivity contribution in [2.45, 2.75) is 33.4 Å². The Balaban J connectivity index is 1.71. The predicted octanol–water partition coefficient (Wildman–Crippen LogP) is 4.22. The molecule has 0 atom stereocenters. The lowest BCUT2D eigenvalue weighted by Gasteiger charge is -2.12. The maximum absolute atomic E-state index is 13.9. The molecule has 0 unspecified atom stereocenters. The molecule has 2 heterocycles. The van der Waals surface area contributed by atoms with Crippen LogP contribution in [-0.4, -0.2) is 37.2 Å². The van der Waals surface area contributed by atoms with Gasteiger partial charge in [0.1, 0.15) is 17.8 Å². The van der Waals surface area contributed by atoms with Crippen molar-refractivity contribution in [2.75, 3.05) is 11.9 Å². The lowest BCUT2D eigenvalue weighted by atomic mass is 10.1. The van der Waals surface area contributed by atoms with Crippen molar-refractivity contribution < 1.29 is 13.6 Å². The molecule has 0 spiro atoms. The highest BCUT2D eigenvalue weighted by Gasteiger charge is 2.15. The zero-order valence-electron chi connectivity index (χ0n) is 19.4. The second-order valence-electron chi connectivity index (χ2n) is 7.38. The molecule has 3 rings (SSSR count). The molecule has 1 amide bonds. The van der Waals surface area contributed by atoms with Gasteiger partial charge in [0, 0.05) is 30.5 Å². The number of anilines is 1. The summed E-state index contributed by atoms with van der Waals surface area (Å²) < 4.78 is 29.7. The second kappa shape index (κ2) is 12.2. The second-order valence-corrected chi connectivity index (χ2v) is 7.38. The molecule has 0 fully saturated rings. The smallest absolute Gasteiger partial charge is 0.251 e. The minimum Gasteiger partial charge on any atom is -0.378 e. The van der Waals surface area contributed by atoms with Crippen LogP contribution in [0.1, 0.15) is 36.5 Å². The molecule has 0 saturated heterocycles. The fraction of sp³-hybridized carbons (Fsp3) is 0.240. The van der Waals surface area contributed by atoms with Gasteiger partial charge >= 0.3 is 0 Å². The SMILES string of the molecule is C#C/C(F)=C(CNC(=O)c1cccc(NCc2nnc(-c3ccncn3)n2CCC)c1)\C(F)=C/C. The van der Waals surface area contributed by atoms with E-state index in [9.17, 15) is 13.6 Å². The van der Waals surface area contributed by atoms with Crippen LogP contribution in [0, 0.1) is 12.3 Å². The molecule has 0 radical (unpaired) electrons. The molecule has 0 aliphatic carbocycles. The Bertz CT molecular complexity index is 1280. The number of halogens is 2. The number of hydrogen-bond donors (Lipinski definition) is 2. The molecule has 10 heteroatoms. The van der Waals surface area contributed by atoms with E-state index in [1.165, 1.54) is 13.3 Å². The number of terminal acetylenes is 1.